The number of benzene rings is 1. The summed E-state index contributed by atoms with van der Waals surface area (Å²) in [4.78, 5) is 32.3. The molecule has 0 spiro atoms. The van der Waals surface area contributed by atoms with E-state index in [4.69, 9.17) is 14.2 Å². The van der Waals surface area contributed by atoms with Crippen molar-refractivity contribution in [2.75, 3.05) is 26.1 Å². The molecular weight excluding hydrogens is 428 g/mol. The Morgan fingerprint density at radius 1 is 1.31 bits per heavy atom. The second kappa shape index (κ2) is 10.9. The number of hydrogen-bond donors (Lipinski definition) is 0. The highest BCUT2D eigenvalue weighted by molar-refractivity contribution is 8.14. The van der Waals surface area contributed by atoms with Gasteiger partial charge in [-0.05, 0) is 37.0 Å². The summed E-state index contributed by atoms with van der Waals surface area (Å²) in [6, 6.07) is 4.93. The van der Waals surface area contributed by atoms with Crippen molar-refractivity contribution in [1.82, 2.24) is 4.90 Å². The van der Waals surface area contributed by atoms with Crippen LogP contribution in [0.5, 0.6) is 11.5 Å². The van der Waals surface area contributed by atoms with Gasteiger partial charge < -0.3 is 14.2 Å². The van der Waals surface area contributed by atoms with Crippen LogP contribution in [0.25, 0.3) is 0 Å². The predicted octanol–water partition coefficient (Wildman–Crippen LogP) is 4.72. The molecule has 2 aliphatic rings. The molecule has 0 saturated carbocycles. The number of rotatable bonds is 9. The number of fused-ring (bicyclic) bond motifs is 1. The van der Waals surface area contributed by atoms with Gasteiger partial charge in [-0.15, -0.1) is 0 Å². The molecule has 8 heteroatoms. The van der Waals surface area contributed by atoms with E-state index in [9.17, 15) is 9.59 Å². The van der Waals surface area contributed by atoms with Gasteiger partial charge >= 0.3 is 5.97 Å². The molecule has 32 heavy (non-hydrogen) atoms. The molecule has 1 atom stereocenters. The van der Waals surface area contributed by atoms with Gasteiger partial charge in [0.05, 0.1) is 37.6 Å². The molecule has 1 saturated heterocycles. The van der Waals surface area contributed by atoms with Crippen LogP contribution in [0.1, 0.15) is 58.6 Å². The van der Waals surface area contributed by atoms with E-state index in [0.717, 1.165) is 18.4 Å². The number of allylic oxidation sites excluding steroid dienone is 1. The number of hydrogen-bond acceptors (Lipinski definition) is 7. The predicted molar refractivity (Wildman–Crippen MR) is 126 cm³/mol. The van der Waals surface area contributed by atoms with Crippen LogP contribution in [-0.2, 0) is 14.3 Å². The Morgan fingerprint density at radius 3 is 2.78 bits per heavy atom. The number of unbranched alkanes of at least 4 members (excludes halogenated alkanes) is 1. The van der Waals surface area contributed by atoms with Crippen LogP contribution in [-0.4, -0.2) is 48.0 Å². The SMILES string of the molecule is CCCCOc1ccc(C2C(C(=O)OCC(C)C)=C(C)N=C3SCCC(=O)N32)cc1OC. The summed E-state index contributed by atoms with van der Waals surface area (Å²) in [5.74, 6) is 1.57. The highest BCUT2D eigenvalue weighted by Crippen LogP contribution is 2.42. The minimum Gasteiger partial charge on any atom is -0.493 e. The lowest BCUT2D eigenvalue weighted by Crippen LogP contribution is -2.45. The van der Waals surface area contributed by atoms with Crippen LogP contribution in [0.4, 0.5) is 0 Å². The number of aliphatic imine (C=N–C) groups is 1. The Kier molecular flexibility index (Phi) is 8.23. The quantitative estimate of drug-likeness (QED) is 0.392. The van der Waals surface area contributed by atoms with Crippen molar-refractivity contribution in [3.05, 3.63) is 35.0 Å². The molecule has 2 aliphatic heterocycles. The van der Waals surface area contributed by atoms with Crippen molar-refractivity contribution in [3.63, 3.8) is 0 Å². The molecule has 1 aromatic rings. The average Bonchev–Trinajstić information content (AvgIpc) is 2.77. The second-order valence-corrected chi connectivity index (χ2v) is 9.32. The van der Waals surface area contributed by atoms with E-state index in [1.54, 1.807) is 18.9 Å². The molecule has 1 aromatic carbocycles. The van der Waals surface area contributed by atoms with E-state index < -0.39 is 12.0 Å². The maximum atomic E-state index is 13.1. The van der Waals surface area contributed by atoms with Crippen LogP contribution in [0.2, 0.25) is 0 Å². The summed E-state index contributed by atoms with van der Waals surface area (Å²) in [6.45, 7) is 8.76. The highest BCUT2D eigenvalue weighted by Gasteiger charge is 2.42. The molecule has 0 aromatic heterocycles. The summed E-state index contributed by atoms with van der Waals surface area (Å²) in [6.07, 6.45) is 2.37. The number of amides is 1. The Labute approximate surface area is 194 Å². The summed E-state index contributed by atoms with van der Waals surface area (Å²) >= 11 is 1.52. The first-order chi connectivity index (χ1) is 15.4. The lowest BCUT2D eigenvalue weighted by atomic mass is 9.93. The number of ether oxygens (including phenoxy) is 3. The Balaban J connectivity index is 2.03. The normalized spacial score (nSPS) is 18.4. The zero-order valence-electron chi connectivity index (χ0n) is 19.5. The highest BCUT2D eigenvalue weighted by atomic mass is 32.2. The maximum absolute atomic E-state index is 13.1. The molecule has 0 radical (unpaired) electrons. The summed E-state index contributed by atoms with van der Waals surface area (Å²) < 4.78 is 17.0. The van der Waals surface area contributed by atoms with Gasteiger partial charge in [0.1, 0.15) is 0 Å². The van der Waals surface area contributed by atoms with Crippen LogP contribution in [0.3, 0.4) is 0 Å². The van der Waals surface area contributed by atoms with Crippen molar-refractivity contribution in [3.8, 4) is 11.5 Å². The van der Waals surface area contributed by atoms with Gasteiger partial charge in [-0.25, -0.2) is 9.79 Å². The number of carbonyl (C=O) groups excluding carboxylic acids is 2. The van der Waals surface area contributed by atoms with Crippen molar-refractivity contribution in [2.24, 2.45) is 10.9 Å². The molecule has 1 fully saturated rings. The standard InChI is InChI=1S/C24H32N2O5S/c1-6-7-11-30-18-9-8-17(13-19(18)29-5)22-21(23(28)31-14-15(2)3)16(4)25-24-26(22)20(27)10-12-32-24/h8-9,13,15,22H,6-7,10-12,14H2,1-5H3. The molecule has 1 amide bonds. The summed E-state index contributed by atoms with van der Waals surface area (Å²) in [5.41, 5.74) is 1.70. The number of thioether (sulfide) groups is 1. The Hall–Kier alpha value is -2.48. The third kappa shape index (κ3) is 5.28. The number of methoxy groups -OCH3 is 1. The molecule has 0 bridgehead atoms. The molecule has 7 nitrogen and oxygen atoms in total. The first kappa shape index (κ1) is 24.2. The van der Waals surface area contributed by atoms with Crippen LogP contribution < -0.4 is 9.47 Å². The molecule has 1 unspecified atom stereocenters. The fraction of sp³-hybridized carbons (Fsp3) is 0.542. The van der Waals surface area contributed by atoms with Crippen molar-refractivity contribution in [2.45, 2.75) is 53.0 Å². The minimum absolute atomic E-state index is 0.0589. The molecule has 2 heterocycles. The fourth-order valence-electron chi connectivity index (χ4n) is 3.59. The molecule has 0 aliphatic carbocycles. The van der Waals surface area contributed by atoms with E-state index in [1.165, 1.54) is 11.8 Å². The van der Waals surface area contributed by atoms with Crippen molar-refractivity contribution in [1.29, 1.82) is 0 Å². The Bertz CT molecular complexity index is 925. The van der Waals surface area contributed by atoms with Gasteiger partial charge in [-0.1, -0.05) is 45.0 Å². The van der Waals surface area contributed by atoms with Crippen LogP contribution in [0, 0.1) is 5.92 Å². The Morgan fingerprint density at radius 2 is 2.09 bits per heavy atom. The summed E-state index contributed by atoms with van der Waals surface area (Å²) in [5, 5.41) is 0.617. The van der Waals surface area contributed by atoms with E-state index >= 15 is 0 Å². The number of amidine groups is 1. The maximum Gasteiger partial charge on any atom is 0.338 e. The first-order valence-electron chi connectivity index (χ1n) is 11.1. The monoisotopic (exact) mass is 460 g/mol. The smallest absolute Gasteiger partial charge is 0.338 e. The topological polar surface area (TPSA) is 77.4 Å². The lowest BCUT2D eigenvalue weighted by molar-refractivity contribution is -0.141. The zero-order valence-corrected chi connectivity index (χ0v) is 20.3. The minimum atomic E-state index is -0.624. The third-order valence-corrected chi connectivity index (χ3v) is 6.19. The zero-order chi connectivity index (χ0) is 23.3. The molecule has 3 rings (SSSR count). The molecular formula is C24H32N2O5S. The second-order valence-electron chi connectivity index (χ2n) is 8.26. The van der Waals surface area contributed by atoms with Gasteiger partial charge in [-0.3, -0.25) is 9.69 Å². The van der Waals surface area contributed by atoms with Crippen molar-refractivity contribution >= 4 is 28.8 Å². The third-order valence-electron chi connectivity index (χ3n) is 5.23. The van der Waals surface area contributed by atoms with Crippen molar-refractivity contribution < 1.29 is 23.8 Å². The number of nitrogens with zero attached hydrogens (tertiary/aromatic N) is 2. The van der Waals surface area contributed by atoms with Gasteiger partial charge in [0.2, 0.25) is 5.91 Å². The van der Waals surface area contributed by atoms with Gasteiger partial charge in [0.25, 0.3) is 0 Å². The number of carbonyl (C=O) groups is 2. The number of esters is 1. The van der Waals surface area contributed by atoms with Gasteiger partial charge in [0.15, 0.2) is 16.7 Å². The van der Waals surface area contributed by atoms with Crippen LogP contribution in [0.15, 0.2) is 34.5 Å². The molecule has 174 valence electrons. The van der Waals surface area contributed by atoms with Crippen LogP contribution >= 0.6 is 11.8 Å². The van der Waals surface area contributed by atoms with E-state index in [0.29, 0.717) is 53.3 Å². The first-order valence-corrected chi connectivity index (χ1v) is 12.1. The molecule has 0 N–H and O–H groups in total. The van der Waals surface area contributed by atoms with E-state index in [-0.39, 0.29) is 11.8 Å². The van der Waals surface area contributed by atoms with Gasteiger partial charge in [0, 0.05) is 12.2 Å². The van der Waals surface area contributed by atoms with E-state index in [2.05, 4.69) is 11.9 Å². The average molecular weight is 461 g/mol. The summed E-state index contributed by atoms with van der Waals surface area (Å²) in [7, 11) is 1.58. The fourth-order valence-corrected chi connectivity index (χ4v) is 4.60. The van der Waals surface area contributed by atoms with E-state index in [1.807, 2.05) is 32.0 Å². The van der Waals surface area contributed by atoms with Gasteiger partial charge in [-0.2, -0.15) is 0 Å². The largest absolute Gasteiger partial charge is 0.493 e. The lowest BCUT2D eigenvalue weighted by Gasteiger charge is -2.39.